The Labute approximate surface area is 178 Å². The number of hydrogen-bond acceptors (Lipinski definition) is 3. The van der Waals surface area contributed by atoms with Gasteiger partial charge < -0.3 is 14.8 Å². The van der Waals surface area contributed by atoms with E-state index in [1.165, 1.54) is 0 Å². The van der Waals surface area contributed by atoms with Crippen LogP contribution in [0.1, 0.15) is 50.8 Å². The lowest BCUT2D eigenvalue weighted by molar-refractivity contribution is -0.129. The van der Waals surface area contributed by atoms with Crippen LogP contribution in [0.4, 0.5) is 0 Å². The van der Waals surface area contributed by atoms with Crippen molar-refractivity contribution in [1.29, 1.82) is 0 Å². The smallest absolute Gasteiger partial charge is 0.261 e. The lowest BCUT2D eigenvalue weighted by atomic mass is 9.88. The molecule has 0 saturated carbocycles. The summed E-state index contributed by atoms with van der Waals surface area (Å²) in [5.74, 6) is 1.45. The molecule has 2 unspecified atom stereocenters. The summed E-state index contributed by atoms with van der Waals surface area (Å²) in [6.45, 7) is 8.13. The van der Waals surface area contributed by atoms with Gasteiger partial charge in [-0.3, -0.25) is 4.79 Å². The van der Waals surface area contributed by atoms with Crippen molar-refractivity contribution in [3.05, 3.63) is 71.8 Å². The van der Waals surface area contributed by atoms with E-state index in [0.29, 0.717) is 18.6 Å². The van der Waals surface area contributed by atoms with E-state index >= 15 is 0 Å². The van der Waals surface area contributed by atoms with Gasteiger partial charge in [-0.25, -0.2) is 0 Å². The summed E-state index contributed by atoms with van der Waals surface area (Å²) in [6, 6.07) is 20.1. The van der Waals surface area contributed by atoms with E-state index in [0.717, 1.165) is 27.6 Å². The van der Waals surface area contributed by atoms with Crippen molar-refractivity contribution < 1.29 is 14.3 Å². The van der Waals surface area contributed by atoms with Crippen LogP contribution in [0.15, 0.2) is 60.7 Å². The summed E-state index contributed by atoms with van der Waals surface area (Å²) in [6.07, 6.45) is 0.749. The Morgan fingerprint density at radius 3 is 2.67 bits per heavy atom. The lowest BCUT2D eigenvalue weighted by Gasteiger charge is -2.38. The molecule has 0 aromatic heterocycles. The normalized spacial score (nSPS) is 18.2. The SMILES string of the molecule is CCC(Oc1ccc2ccccc2c1)C(=O)NC1CC(C)(C)Oc2ccc(C)cc21. The van der Waals surface area contributed by atoms with E-state index in [1.807, 2.05) is 55.5 Å². The molecule has 0 spiro atoms. The van der Waals surface area contributed by atoms with Gasteiger partial charge in [-0.1, -0.05) is 55.0 Å². The maximum absolute atomic E-state index is 13.1. The lowest BCUT2D eigenvalue weighted by Crippen LogP contribution is -2.45. The molecule has 2 atom stereocenters. The number of nitrogens with one attached hydrogen (secondary N) is 1. The van der Waals surface area contributed by atoms with Gasteiger partial charge in [0.05, 0.1) is 6.04 Å². The van der Waals surface area contributed by atoms with E-state index in [2.05, 4.69) is 38.2 Å². The van der Waals surface area contributed by atoms with E-state index in [1.54, 1.807) is 0 Å². The van der Waals surface area contributed by atoms with Crippen molar-refractivity contribution in [1.82, 2.24) is 5.32 Å². The first-order valence-electron chi connectivity index (χ1n) is 10.6. The number of carbonyl (C=O) groups excluding carboxylic acids is 1. The average Bonchev–Trinajstić information content (AvgIpc) is 2.71. The van der Waals surface area contributed by atoms with Crippen molar-refractivity contribution in [3.8, 4) is 11.5 Å². The number of hydrogen-bond donors (Lipinski definition) is 1. The number of carbonyl (C=O) groups is 1. The molecule has 1 N–H and O–H groups in total. The number of amides is 1. The minimum Gasteiger partial charge on any atom is -0.487 e. The zero-order valence-corrected chi connectivity index (χ0v) is 18.1. The van der Waals surface area contributed by atoms with E-state index in [4.69, 9.17) is 9.47 Å². The third-order valence-corrected chi connectivity index (χ3v) is 5.60. The molecule has 0 radical (unpaired) electrons. The molecule has 1 aliphatic heterocycles. The van der Waals surface area contributed by atoms with Crippen LogP contribution < -0.4 is 14.8 Å². The van der Waals surface area contributed by atoms with Gasteiger partial charge >= 0.3 is 0 Å². The number of ether oxygens (including phenoxy) is 2. The van der Waals surface area contributed by atoms with E-state index in [-0.39, 0.29) is 17.6 Å². The molecule has 3 aromatic carbocycles. The minimum atomic E-state index is -0.551. The Hall–Kier alpha value is -3.01. The molecule has 0 saturated heterocycles. The highest BCUT2D eigenvalue weighted by Gasteiger charge is 2.35. The minimum absolute atomic E-state index is 0.0965. The fraction of sp³-hybridized carbons (Fsp3) is 0.346. The number of aryl methyl sites for hydroxylation is 1. The van der Waals surface area contributed by atoms with Gasteiger partial charge in [-0.15, -0.1) is 0 Å². The van der Waals surface area contributed by atoms with Crippen LogP contribution >= 0.6 is 0 Å². The van der Waals surface area contributed by atoms with E-state index < -0.39 is 6.10 Å². The summed E-state index contributed by atoms with van der Waals surface area (Å²) in [7, 11) is 0. The second kappa shape index (κ2) is 8.02. The van der Waals surface area contributed by atoms with Crippen molar-refractivity contribution in [3.63, 3.8) is 0 Å². The Kier molecular flexibility index (Phi) is 5.42. The summed E-state index contributed by atoms with van der Waals surface area (Å²) >= 11 is 0. The summed E-state index contributed by atoms with van der Waals surface area (Å²) < 4.78 is 12.2. The van der Waals surface area contributed by atoms with Gasteiger partial charge in [0, 0.05) is 12.0 Å². The first kappa shape index (κ1) is 20.3. The summed E-state index contributed by atoms with van der Waals surface area (Å²) in [4.78, 5) is 13.1. The second-order valence-corrected chi connectivity index (χ2v) is 8.69. The quantitative estimate of drug-likeness (QED) is 0.592. The summed E-state index contributed by atoms with van der Waals surface area (Å²) in [5.41, 5.74) is 1.83. The molecule has 156 valence electrons. The molecule has 0 aliphatic carbocycles. The van der Waals surface area contributed by atoms with Crippen molar-refractivity contribution in [2.24, 2.45) is 0 Å². The molecule has 30 heavy (non-hydrogen) atoms. The fourth-order valence-electron chi connectivity index (χ4n) is 4.09. The fourth-order valence-corrected chi connectivity index (χ4v) is 4.09. The first-order chi connectivity index (χ1) is 14.3. The van der Waals surface area contributed by atoms with Gasteiger partial charge in [0.2, 0.25) is 0 Å². The van der Waals surface area contributed by atoms with Crippen LogP contribution in [0.2, 0.25) is 0 Å². The molecule has 4 nitrogen and oxygen atoms in total. The molecule has 0 fully saturated rings. The molecule has 3 aromatic rings. The number of rotatable bonds is 5. The molecular weight excluding hydrogens is 374 g/mol. The Balaban J connectivity index is 1.53. The van der Waals surface area contributed by atoms with Gasteiger partial charge in [-0.2, -0.15) is 0 Å². The average molecular weight is 404 g/mol. The highest BCUT2D eigenvalue weighted by Crippen LogP contribution is 2.40. The van der Waals surface area contributed by atoms with Gasteiger partial charge in [0.25, 0.3) is 5.91 Å². The third kappa shape index (κ3) is 4.28. The van der Waals surface area contributed by atoms with Crippen LogP contribution in [-0.4, -0.2) is 17.6 Å². The number of fused-ring (bicyclic) bond motifs is 2. The Morgan fingerprint density at radius 1 is 1.13 bits per heavy atom. The maximum atomic E-state index is 13.1. The highest BCUT2D eigenvalue weighted by atomic mass is 16.5. The predicted molar refractivity (Wildman–Crippen MR) is 120 cm³/mol. The largest absolute Gasteiger partial charge is 0.487 e. The van der Waals surface area contributed by atoms with Gasteiger partial charge in [0.1, 0.15) is 17.1 Å². The third-order valence-electron chi connectivity index (χ3n) is 5.60. The molecule has 0 bridgehead atoms. The maximum Gasteiger partial charge on any atom is 0.261 e. The monoisotopic (exact) mass is 403 g/mol. The van der Waals surface area contributed by atoms with Crippen LogP contribution in [0, 0.1) is 6.92 Å². The molecule has 4 rings (SSSR count). The van der Waals surface area contributed by atoms with Crippen LogP contribution in [0.5, 0.6) is 11.5 Å². The summed E-state index contributed by atoms with van der Waals surface area (Å²) in [5, 5.41) is 5.47. The predicted octanol–water partition coefficient (Wildman–Crippen LogP) is 5.72. The molecule has 1 amide bonds. The molecular formula is C26H29NO3. The second-order valence-electron chi connectivity index (χ2n) is 8.69. The topological polar surface area (TPSA) is 47.6 Å². The number of benzene rings is 3. The van der Waals surface area contributed by atoms with Crippen LogP contribution in [-0.2, 0) is 4.79 Å². The van der Waals surface area contributed by atoms with E-state index in [9.17, 15) is 4.79 Å². The van der Waals surface area contributed by atoms with Gasteiger partial charge in [-0.05, 0) is 56.2 Å². The van der Waals surface area contributed by atoms with Crippen molar-refractivity contribution in [2.75, 3.05) is 0 Å². The van der Waals surface area contributed by atoms with Gasteiger partial charge in [0.15, 0.2) is 6.10 Å². The standard InChI is InChI=1S/C26H29NO3/c1-5-23(29-20-12-11-18-8-6-7-9-19(18)15-20)25(28)27-22-16-26(3,4)30-24-13-10-17(2)14-21(22)24/h6-15,22-23H,5,16H2,1-4H3,(H,27,28). The zero-order chi connectivity index (χ0) is 21.3. The van der Waals surface area contributed by atoms with Crippen molar-refractivity contribution >= 4 is 16.7 Å². The molecule has 4 heteroatoms. The van der Waals surface area contributed by atoms with Crippen LogP contribution in [0.3, 0.4) is 0 Å². The Morgan fingerprint density at radius 2 is 1.90 bits per heavy atom. The zero-order valence-electron chi connectivity index (χ0n) is 18.1. The van der Waals surface area contributed by atoms with Crippen LogP contribution in [0.25, 0.3) is 10.8 Å². The molecule has 1 aliphatic rings. The first-order valence-corrected chi connectivity index (χ1v) is 10.6. The Bertz CT molecular complexity index is 1070. The molecule has 1 heterocycles. The van der Waals surface area contributed by atoms with Crippen molar-refractivity contribution in [2.45, 2.75) is 58.3 Å². The highest BCUT2D eigenvalue weighted by molar-refractivity contribution is 5.84.